The molecule has 1 amide bonds. The highest BCUT2D eigenvalue weighted by Crippen LogP contribution is 2.34. The van der Waals surface area contributed by atoms with Crippen LogP contribution in [0.3, 0.4) is 0 Å². The van der Waals surface area contributed by atoms with Gasteiger partial charge in [0, 0.05) is 48.0 Å². The minimum absolute atomic E-state index is 0.0196. The first-order valence-electron chi connectivity index (χ1n) is 17.3. The largest absolute Gasteiger partial charge is 0.473 e. The number of hydrogen-bond acceptors (Lipinski definition) is 8. The van der Waals surface area contributed by atoms with Crippen LogP contribution in [0.25, 0.3) is 27.5 Å². The Labute approximate surface area is 305 Å². The molecular formula is C39H32F4N8O3. The Morgan fingerprint density at radius 1 is 1.07 bits per heavy atom. The number of carbonyl (C=O) groups excluding carboxylic acids is 1. The van der Waals surface area contributed by atoms with Crippen LogP contribution in [0.5, 0.6) is 5.88 Å². The second-order valence-corrected chi connectivity index (χ2v) is 13.2. The molecule has 5 heterocycles. The Morgan fingerprint density at radius 3 is 2.69 bits per heavy atom. The van der Waals surface area contributed by atoms with Crippen LogP contribution in [0.15, 0.2) is 78.9 Å². The summed E-state index contributed by atoms with van der Waals surface area (Å²) in [6.45, 7) is 3.23. The number of hydrogen-bond donors (Lipinski definition) is 2. The minimum Gasteiger partial charge on any atom is -0.473 e. The molecule has 2 N–H and O–H groups in total. The number of fused-ring (bicyclic) bond motifs is 2. The maximum absolute atomic E-state index is 14.3. The van der Waals surface area contributed by atoms with E-state index in [1.54, 1.807) is 24.3 Å². The third kappa shape index (κ3) is 7.26. The molecule has 3 aromatic carbocycles. The zero-order valence-corrected chi connectivity index (χ0v) is 28.7. The maximum atomic E-state index is 14.3. The number of alkyl halides is 3. The van der Waals surface area contributed by atoms with E-state index in [0.717, 1.165) is 42.0 Å². The molecule has 6 aromatic rings. The van der Waals surface area contributed by atoms with Crippen molar-refractivity contribution < 1.29 is 31.8 Å². The molecule has 15 heteroatoms. The van der Waals surface area contributed by atoms with Crippen LogP contribution < -0.4 is 10.1 Å². The number of carbonyl (C=O) groups is 1. The second kappa shape index (κ2) is 14.4. The lowest BCUT2D eigenvalue weighted by atomic mass is 10.0. The van der Waals surface area contributed by atoms with Crippen molar-refractivity contribution in [2.45, 2.75) is 44.8 Å². The second-order valence-electron chi connectivity index (χ2n) is 13.2. The van der Waals surface area contributed by atoms with E-state index in [1.807, 2.05) is 29.4 Å². The summed E-state index contributed by atoms with van der Waals surface area (Å²) in [5, 5.41) is 17.3. The average molecular weight is 737 g/mol. The van der Waals surface area contributed by atoms with Gasteiger partial charge in [-0.1, -0.05) is 18.2 Å². The average Bonchev–Trinajstić information content (AvgIpc) is 3.73. The highest BCUT2D eigenvalue weighted by atomic mass is 19.4. The number of H-pyrrole nitrogens is 1. The molecule has 0 saturated carbocycles. The molecule has 54 heavy (non-hydrogen) atoms. The number of halogens is 4. The van der Waals surface area contributed by atoms with Crippen molar-refractivity contribution >= 4 is 39.1 Å². The van der Waals surface area contributed by atoms with Gasteiger partial charge in [0.1, 0.15) is 23.9 Å². The molecule has 8 rings (SSSR count). The van der Waals surface area contributed by atoms with Gasteiger partial charge in [-0.25, -0.2) is 14.4 Å². The topological polar surface area (TPSA) is 134 Å². The van der Waals surface area contributed by atoms with E-state index in [-0.39, 0.29) is 34.9 Å². The molecule has 1 saturated heterocycles. The maximum Gasteiger partial charge on any atom is 0.433 e. The van der Waals surface area contributed by atoms with E-state index in [9.17, 15) is 22.4 Å². The predicted molar refractivity (Wildman–Crippen MR) is 191 cm³/mol. The fourth-order valence-corrected chi connectivity index (χ4v) is 6.63. The summed E-state index contributed by atoms with van der Waals surface area (Å²) < 4.78 is 68.3. The van der Waals surface area contributed by atoms with Crippen LogP contribution in [0.2, 0.25) is 0 Å². The molecule has 1 fully saturated rings. The number of aromatic nitrogens is 5. The van der Waals surface area contributed by atoms with E-state index in [2.05, 4.69) is 30.9 Å². The molecule has 3 aromatic heterocycles. The number of nitrogens with one attached hydrogen (secondary N) is 2. The molecule has 2 aliphatic heterocycles. The standard InChI is InChI=1S/C39H32F4N8O3/c40-30-16-23(19-44)4-5-26(30)22-54-36-3-1-2-31(47-36)24-10-13-50(14-11-24)21-35-46-33-17-25(6-9-34(33)51(35)20-28-12-15-53-28)38(52)45-27-7-8-32-29(18-27)37(49-48-32)39(41,42)43/h1-10,16-18,28H,11-15,20-22H2,(H,45,52)(H,48,49). The third-order valence-electron chi connectivity index (χ3n) is 9.63. The van der Waals surface area contributed by atoms with Crippen LogP contribution in [0.1, 0.15) is 51.5 Å². The Hall–Kier alpha value is -6.11. The van der Waals surface area contributed by atoms with Crippen LogP contribution in [0, 0.1) is 17.1 Å². The molecule has 274 valence electrons. The van der Waals surface area contributed by atoms with Crippen LogP contribution in [0.4, 0.5) is 23.2 Å². The lowest BCUT2D eigenvalue weighted by Gasteiger charge is -2.29. The van der Waals surface area contributed by atoms with Gasteiger partial charge >= 0.3 is 6.18 Å². The molecular weight excluding hydrogens is 704 g/mol. The lowest BCUT2D eigenvalue weighted by molar-refractivity contribution is -0.139. The van der Waals surface area contributed by atoms with Crippen molar-refractivity contribution in [3.63, 3.8) is 0 Å². The smallest absolute Gasteiger partial charge is 0.433 e. The number of ether oxygens (including phenoxy) is 2. The number of rotatable bonds is 10. The van der Waals surface area contributed by atoms with Gasteiger partial charge in [0.05, 0.1) is 53.1 Å². The summed E-state index contributed by atoms with van der Waals surface area (Å²) in [6, 6.07) is 21.1. The van der Waals surface area contributed by atoms with Gasteiger partial charge in [-0.2, -0.15) is 23.5 Å². The zero-order chi connectivity index (χ0) is 37.4. The summed E-state index contributed by atoms with van der Waals surface area (Å²) in [5.74, 6) is 0.205. The highest BCUT2D eigenvalue weighted by molar-refractivity contribution is 6.06. The molecule has 1 unspecified atom stereocenters. The number of aromatic amines is 1. The summed E-state index contributed by atoms with van der Waals surface area (Å²) in [6.07, 6.45) is -0.769. The summed E-state index contributed by atoms with van der Waals surface area (Å²) in [7, 11) is 0. The molecule has 2 aliphatic rings. The molecule has 11 nitrogen and oxygen atoms in total. The molecule has 0 radical (unpaired) electrons. The first-order valence-corrected chi connectivity index (χ1v) is 17.3. The highest BCUT2D eigenvalue weighted by Gasteiger charge is 2.35. The predicted octanol–water partition coefficient (Wildman–Crippen LogP) is 7.25. The number of benzene rings is 3. The fraction of sp³-hybridized carbons (Fsp3) is 0.256. The van der Waals surface area contributed by atoms with Crippen molar-refractivity contribution in [3.8, 4) is 11.9 Å². The minimum atomic E-state index is -4.62. The van der Waals surface area contributed by atoms with Crippen molar-refractivity contribution in [3.05, 3.63) is 119 Å². The van der Waals surface area contributed by atoms with E-state index in [1.165, 1.54) is 30.3 Å². The molecule has 0 bridgehead atoms. The van der Waals surface area contributed by atoms with Gasteiger partial charge in [-0.15, -0.1) is 0 Å². The SMILES string of the molecule is N#Cc1ccc(COc2cccc(C3=CCN(Cc4nc5cc(C(=O)Nc6ccc7n[nH]c(C(F)(F)F)c7c6)ccc5n4CC4CCO4)CC3)n2)c(F)c1. The number of pyridine rings is 1. The summed E-state index contributed by atoms with van der Waals surface area (Å²) in [4.78, 5) is 25.2. The summed E-state index contributed by atoms with van der Waals surface area (Å²) in [5.41, 5.74) is 3.57. The number of nitrogens with zero attached hydrogens (tertiary/aromatic N) is 6. The van der Waals surface area contributed by atoms with Crippen molar-refractivity contribution in [1.82, 2.24) is 29.6 Å². The van der Waals surface area contributed by atoms with Gasteiger partial charge in [0.15, 0.2) is 0 Å². The lowest BCUT2D eigenvalue weighted by Crippen LogP contribution is -2.33. The van der Waals surface area contributed by atoms with E-state index in [0.29, 0.717) is 48.8 Å². The Kier molecular flexibility index (Phi) is 9.30. The molecule has 0 spiro atoms. The van der Waals surface area contributed by atoms with Gasteiger partial charge < -0.3 is 19.4 Å². The number of nitriles is 1. The zero-order valence-electron chi connectivity index (χ0n) is 28.7. The van der Waals surface area contributed by atoms with Crippen LogP contribution in [-0.4, -0.2) is 61.3 Å². The van der Waals surface area contributed by atoms with Gasteiger partial charge in [-0.3, -0.25) is 14.8 Å². The Bertz CT molecular complexity index is 2460. The fourth-order valence-electron chi connectivity index (χ4n) is 6.63. The Balaban J connectivity index is 0.963. The first kappa shape index (κ1) is 34.9. The van der Waals surface area contributed by atoms with E-state index >= 15 is 0 Å². The van der Waals surface area contributed by atoms with Crippen molar-refractivity contribution in [2.75, 3.05) is 25.0 Å². The first-order chi connectivity index (χ1) is 26.1. The summed E-state index contributed by atoms with van der Waals surface area (Å²) >= 11 is 0. The number of anilines is 1. The van der Waals surface area contributed by atoms with Gasteiger partial charge in [0.25, 0.3) is 5.91 Å². The van der Waals surface area contributed by atoms with Crippen molar-refractivity contribution in [1.29, 1.82) is 5.26 Å². The third-order valence-corrected chi connectivity index (χ3v) is 9.63. The van der Waals surface area contributed by atoms with Gasteiger partial charge in [-0.05, 0) is 73.0 Å². The Morgan fingerprint density at radius 2 is 1.94 bits per heavy atom. The molecule has 1 atom stereocenters. The van der Waals surface area contributed by atoms with Crippen LogP contribution in [-0.2, 0) is 30.6 Å². The van der Waals surface area contributed by atoms with E-state index < -0.39 is 23.6 Å². The number of imidazole rings is 1. The van der Waals surface area contributed by atoms with Crippen molar-refractivity contribution in [2.24, 2.45) is 0 Å². The monoisotopic (exact) mass is 736 g/mol. The quantitative estimate of drug-likeness (QED) is 0.141. The van der Waals surface area contributed by atoms with Gasteiger partial charge in [0.2, 0.25) is 5.88 Å². The van der Waals surface area contributed by atoms with E-state index in [4.69, 9.17) is 19.7 Å². The molecule has 0 aliphatic carbocycles. The normalized spacial score (nSPS) is 16.2. The number of amides is 1. The van der Waals surface area contributed by atoms with Crippen LogP contribution >= 0.6 is 0 Å².